The largest absolute Gasteiger partial charge is 0.497 e. The molecule has 3 nitrogen and oxygen atoms in total. The van der Waals surface area contributed by atoms with Crippen molar-refractivity contribution in [3.8, 4) is 5.75 Å². The molecule has 0 unspecified atom stereocenters. The van der Waals surface area contributed by atoms with Gasteiger partial charge in [0.15, 0.2) is 0 Å². The maximum absolute atomic E-state index is 10.7. The van der Waals surface area contributed by atoms with Gasteiger partial charge in [0.25, 0.3) is 0 Å². The van der Waals surface area contributed by atoms with E-state index >= 15 is 0 Å². The molecule has 0 aliphatic heterocycles. The van der Waals surface area contributed by atoms with E-state index in [-0.39, 0.29) is 0 Å². The van der Waals surface area contributed by atoms with Gasteiger partial charge in [0, 0.05) is 0 Å². The van der Waals surface area contributed by atoms with Gasteiger partial charge in [0.05, 0.1) is 7.11 Å². The Labute approximate surface area is 138 Å². The maximum atomic E-state index is 10.7. The van der Waals surface area contributed by atoms with Crippen molar-refractivity contribution in [3.63, 3.8) is 0 Å². The Morgan fingerprint density at radius 1 is 0.750 bits per heavy atom. The summed E-state index contributed by atoms with van der Waals surface area (Å²) in [6.45, 7) is 0. The maximum Gasteiger partial charge on any atom is 0.119 e. The highest BCUT2D eigenvalue weighted by Crippen LogP contribution is 2.47. The molecule has 0 amide bonds. The van der Waals surface area contributed by atoms with Crippen LogP contribution in [0, 0.1) is 0 Å². The Bertz CT molecular complexity index is 1130. The number of fused-ring (bicyclic) bond motifs is 2. The highest BCUT2D eigenvalue weighted by Gasteiger charge is 2.30. The van der Waals surface area contributed by atoms with Gasteiger partial charge in [-0.25, -0.2) is 0 Å². The zero-order valence-corrected chi connectivity index (χ0v) is 13.2. The third-order valence-electron chi connectivity index (χ3n) is 5.16. The molecule has 4 aromatic rings. The molecule has 1 aliphatic carbocycles. The van der Waals surface area contributed by atoms with E-state index < -0.39 is 12.2 Å². The molecule has 1 aliphatic rings. The topological polar surface area (TPSA) is 49.7 Å². The first-order chi connectivity index (χ1) is 11.7. The Morgan fingerprint density at radius 3 is 2.38 bits per heavy atom. The molecule has 2 atom stereocenters. The number of methoxy groups -OCH3 is 1. The lowest BCUT2D eigenvalue weighted by atomic mass is 9.81. The zero-order valence-electron chi connectivity index (χ0n) is 13.2. The van der Waals surface area contributed by atoms with Crippen LogP contribution in [-0.4, -0.2) is 17.3 Å². The van der Waals surface area contributed by atoms with Crippen molar-refractivity contribution in [3.05, 3.63) is 65.7 Å². The molecule has 0 radical (unpaired) electrons. The molecule has 4 aromatic carbocycles. The van der Waals surface area contributed by atoms with Crippen molar-refractivity contribution >= 4 is 32.3 Å². The van der Waals surface area contributed by atoms with Gasteiger partial charge in [-0.2, -0.15) is 0 Å². The minimum absolute atomic E-state index is 0.791. The highest BCUT2D eigenvalue weighted by atomic mass is 16.5. The molecule has 24 heavy (non-hydrogen) atoms. The van der Waals surface area contributed by atoms with E-state index in [4.69, 9.17) is 4.74 Å². The molecule has 0 spiro atoms. The Morgan fingerprint density at radius 2 is 1.54 bits per heavy atom. The fourth-order valence-corrected chi connectivity index (χ4v) is 4.01. The Balaban J connectivity index is 2.08. The minimum Gasteiger partial charge on any atom is -0.497 e. The third-order valence-corrected chi connectivity index (χ3v) is 5.16. The fourth-order valence-electron chi connectivity index (χ4n) is 4.01. The number of aliphatic hydroxyl groups is 2. The lowest BCUT2D eigenvalue weighted by Gasteiger charge is -2.28. The van der Waals surface area contributed by atoms with E-state index in [1.54, 1.807) is 7.11 Å². The second-order valence-electron chi connectivity index (χ2n) is 6.38. The third kappa shape index (κ3) is 1.63. The van der Waals surface area contributed by atoms with Gasteiger partial charge in [-0.1, -0.05) is 36.4 Å². The molecule has 3 heteroatoms. The van der Waals surface area contributed by atoms with Crippen LogP contribution in [0.1, 0.15) is 23.3 Å². The minimum atomic E-state index is -0.917. The zero-order chi connectivity index (χ0) is 16.4. The molecule has 0 heterocycles. The summed E-state index contributed by atoms with van der Waals surface area (Å²) in [6, 6.07) is 18.0. The second-order valence-corrected chi connectivity index (χ2v) is 6.38. The molecular formula is C21H16O3. The van der Waals surface area contributed by atoms with E-state index in [2.05, 4.69) is 12.1 Å². The standard InChI is InChI=1S/C21H16O3/c1-24-13-7-5-12-9-17-19-14(16(12)10-13)8-6-11-3-2-4-15(18(11)19)20(22)21(17)23/h2-10,20-23H,1H3/t20-,21-/m1/s1. The molecule has 118 valence electrons. The Kier molecular flexibility index (Phi) is 2.70. The van der Waals surface area contributed by atoms with Gasteiger partial charge >= 0.3 is 0 Å². The normalized spacial score (nSPS) is 19.5. The van der Waals surface area contributed by atoms with Crippen LogP contribution >= 0.6 is 0 Å². The van der Waals surface area contributed by atoms with E-state index in [0.717, 1.165) is 49.2 Å². The summed E-state index contributed by atoms with van der Waals surface area (Å²) in [4.78, 5) is 0. The number of rotatable bonds is 1. The smallest absolute Gasteiger partial charge is 0.119 e. The predicted molar refractivity (Wildman–Crippen MR) is 95.4 cm³/mol. The summed E-state index contributed by atoms with van der Waals surface area (Å²) < 4.78 is 5.38. The van der Waals surface area contributed by atoms with Crippen LogP contribution in [0.4, 0.5) is 0 Å². The first-order valence-electron chi connectivity index (χ1n) is 8.01. The number of hydrogen-bond acceptors (Lipinski definition) is 3. The van der Waals surface area contributed by atoms with Gasteiger partial charge in [-0.15, -0.1) is 0 Å². The lowest BCUT2D eigenvalue weighted by molar-refractivity contribution is 0.0179. The van der Waals surface area contributed by atoms with Crippen molar-refractivity contribution in [1.82, 2.24) is 0 Å². The van der Waals surface area contributed by atoms with Crippen molar-refractivity contribution in [2.75, 3.05) is 7.11 Å². The molecule has 5 rings (SSSR count). The van der Waals surface area contributed by atoms with Crippen LogP contribution in [0.2, 0.25) is 0 Å². The predicted octanol–water partition coefficient (Wildman–Crippen LogP) is 4.24. The van der Waals surface area contributed by atoms with E-state index in [1.165, 1.54) is 0 Å². The van der Waals surface area contributed by atoms with Gasteiger partial charge in [0.1, 0.15) is 18.0 Å². The van der Waals surface area contributed by atoms with E-state index in [1.807, 2.05) is 42.5 Å². The summed E-state index contributed by atoms with van der Waals surface area (Å²) in [7, 11) is 1.66. The van der Waals surface area contributed by atoms with Crippen LogP contribution in [0.5, 0.6) is 5.75 Å². The van der Waals surface area contributed by atoms with Crippen molar-refractivity contribution < 1.29 is 14.9 Å². The molecule has 0 saturated heterocycles. The fraction of sp³-hybridized carbons (Fsp3) is 0.143. The molecular weight excluding hydrogens is 300 g/mol. The van der Waals surface area contributed by atoms with E-state index in [0.29, 0.717) is 0 Å². The molecule has 0 bridgehead atoms. The number of benzene rings is 4. The summed E-state index contributed by atoms with van der Waals surface area (Å²) >= 11 is 0. The van der Waals surface area contributed by atoms with Gasteiger partial charge in [-0.3, -0.25) is 0 Å². The van der Waals surface area contributed by atoms with Crippen LogP contribution in [0.15, 0.2) is 54.6 Å². The quantitative estimate of drug-likeness (QED) is 0.517. The summed E-state index contributed by atoms with van der Waals surface area (Å²) in [5, 5.41) is 27.6. The first-order valence-corrected chi connectivity index (χ1v) is 8.01. The van der Waals surface area contributed by atoms with Crippen molar-refractivity contribution in [1.29, 1.82) is 0 Å². The van der Waals surface area contributed by atoms with Crippen LogP contribution in [-0.2, 0) is 0 Å². The second kappa shape index (κ2) is 4.69. The average molecular weight is 316 g/mol. The highest BCUT2D eigenvalue weighted by molar-refractivity contribution is 6.20. The van der Waals surface area contributed by atoms with Crippen LogP contribution in [0.25, 0.3) is 32.3 Å². The van der Waals surface area contributed by atoms with Gasteiger partial charge in [-0.05, 0) is 61.6 Å². The summed E-state index contributed by atoms with van der Waals surface area (Å²) in [5.74, 6) is 0.808. The Hall–Kier alpha value is -2.62. The van der Waals surface area contributed by atoms with E-state index in [9.17, 15) is 10.2 Å². The van der Waals surface area contributed by atoms with Crippen molar-refractivity contribution in [2.24, 2.45) is 0 Å². The average Bonchev–Trinajstić information content (AvgIpc) is 2.63. The van der Waals surface area contributed by atoms with Gasteiger partial charge in [0.2, 0.25) is 0 Å². The summed E-state index contributed by atoms with van der Waals surface area (Å²) in [5.41, 5.74) is 1.58. The first kappa shape index (κ1) is 13.8. The molecule has 0 aromatic heterocycles. The van der Waals surface area contributed by atoms with Gasteiger partial charge < -0.3 is 14.9 Å². The number of hydrogen-bond donors (Lipinski definition) is 2. The monoisotopic (exact) mass is 316 g/mol. The number of ether oxygens (including phenoxy) is 1. The molecule has 0 saturated carbocycles. The lowest BCUT2D eigenvalue weighted by Crippen LogP contribution is -2.15. The molecule has 0 fully saturated rings. The summed E-state index contributed by atoms with van der Waals surface area (Å²) in [6.07, 6.45) is -1.82. The van der Waals surface area contributed by atoms with Crippen LogP contribution < -0.4 is 4.74 Å². The molecule has 2 N–H and O–H groups in total. The number of aliphatic hydroxyl groups excluding tert-OH is 2. The van der Waals surface area contributed by atoms with Crippen LogP contribution in [0.3, 0.4) is 0 Å². The SMILES string of the molecule is COc1ccc2cc3c4c(ccc5cccc(c54)[C@@H](O)[C@@H]3O)c2c1. The van der Waals surface area contributed by atoms with Crippen molar-refractivity contribution in [2.45, 2.75) is 12.2 Å².